The van der Waals surface area contributed by atoms with Gasteiger partial charge in [-0.2, -0.15) is 0 Å². The van der Waals surface area contributed by atoms with E-state index in [9.17, 15) is 9.18 Å². The van der Waals surface area contributed by atoms with Crippen LogP contribution in [0.25, 0.3) is 10.6 Å². The number of piperazine rings is 1. The zero-order valence-electron chi connectivity index (χ0n) is 16.4. The van der Waals surface area contributed by atoms with Gasteiger partial charge in [-0.3, -0.25) is 9.69 Å². The third-order valence-electron chi connectivity index (χ3n) is 4.87. The SMILES string of the molecule is Cl.O=C(COc1ccccc1F)N1CCN(Cc2csc(-c3ccccc3)n2)CC1. The van der Waals surface area contributed by atoms with Crippen molar-refractivity contribution in [1.29, 1.82) is 0 Å². The molecule has 2 heterocycles. The lowest BCUT2D eigenvalue weighted by atomic mass is 10.2. The zero-order chi connectivity index (χ0) is 20.1. The van der Waals surface area contributed by atoms with Crippen LogP contribution in [0, 0.1) is 5.82 Å². The Morgan fingerprint density at radius 2 is 1.73 bits per heavy atom. The van der Waals surface area contributed by atoms with Gasteiger partial charge < -0.3 is 9.64 Å². The van der Waals surface area contributed by atoms with E-state index in [4.69, 9.17) is 9.72 Å². The maximum Gasteiger partial charge on any atom is 0.260 e. The third kappa shape index (κ3) is 5.56. The van der Waals surface area contributed by atoms with Crippen molar-refractivity contribution in [2.45, 2.75) is 6.54 Å². The van der Waals surface area contributed by atoms with Crippen LogP contribution >= 0.6 is 23.7 Å². The van der Waals surface area contributed by atoms with Crippen LogP contribution in [0.5, 0.6) is 5.75 Å². The van der Waals surface area contributed by atoms with Crippen molar-refractivity contribution in [3.63, 3.8) is 0 Å². The van der Waals surface area contributed by atoms with Crippen molar-refractivity contribution in [2.75, 3.05) is 32.8 Å². The molecule has 30 heavy (non-hydrogen) atoms. The molecule has 0 spiro atoms. The molecule has 1 aromatic heterocycles. The molecule has 1 amide bonds. The predicted molar refractivity (Wildman–Crippen MR) is 119 cm³/mol. The van der Waals surface area contributed by atoms with E-state index in [-0.39, 0.29) is 30.7 Å². The number of amides is 1. The van der Waals surface area contributed by atoms with E-state index in [0.29, 0.717) is 13.1 Å². The second kappa shape index (κ2) is 10.5. The van der Waals surface area contributed by atoms with Crippen molar-refractivity contribution in [3.05, 3.63) is 71.5 Å². The first-order valence-corrected chi connectivity index (χ1v) is 10.4. The van der Waals surface area contributed by atoms with Gasteiger partial charge in [-0.15, -0.1) is 23.7 Å². The fraction of sp³-hybridized carbons (Fsp3) is 0.273. The highest BCUT2D eigenvalue weighted by Crippen LogP contribution is 2.24. The average molecular weight is 448 g/mol. The fourth-order valence-corrected chi connectivity index (χ4v) is 4.09. The number of aromatic nitrogens is 1. The van der Waals surface area contributed by atoms with Gasteiger partial charge in [-0.1, -0.05) is 42.5 Å². The van der Waals surface area contributed by atoms with Gasteiger partial charge in [-0.05, 0) is 12.1 Å². The Kier molecular flexibility index (Phi) is 7.79. The number of carbonyl (C=O) groups excluding carboxylic acids is 1. The van der Waals surface area contributed by atoms with Crippen molar-refractivity contribution >= 4 is 29.7 Å². The first-order valence-electron chi connectivity index (χ1n) is 9.56. The Morgan fingerprint density at radius 3 is 2.47 bits per heavy atom. The van der Waals surface area contributed by atoms with E-state index in [1.807, 2.05) is 18.2 Å². The number of carbonyl (C=O) groups is 1. The predicted octanol–water partition coefficient (Wildman–Crippen LogP) is 4.09. The standard InChI is InChI=1S/C22H22FN3O2S.ClH/c23-19-8-4-5-9-20(19)28-15-21(27)26-12-10-25(11-13-26)14-18-16-29-22(24-18)17-6-2-1-3-7-17;/h1-9,16H,10-15H2;1H. The number of rotatable bonds is 6. The monoisotopic (exact) mass is 447 g/mol. The number of hydrogen-bond acceptors (Lipinski definition) is 5. The second-order valence-electron chi connectivity index (χ2n) is 6.89. The summed E-state index contributed by atoms with van der Waals surface area (Å²) in [5.74, 6) is -0.464. The van der Waals surface area contributed by atoms with Crippen LogP contribution in [0.4, 0.5) is 4.39 Å². The minimum atomic E-state index is -0.455. The summed E-state index contributed by atoms with van der Waals surface area (Å²) in [5.41, 5.74) is 2.19. The molecule has 2 aromatic carbocycles. The molecule has 8 heteroatoms. The summed E-state index contributed by atoms with van der Waals surface area (Å²) < 4.78 is 18.9. The van der Waals surface area contributed by atoms with E-state index < -0.39 is 5.82 Å². The van der Waals surface area contributed by atoms with E-state index in [1.54, 1.807) is 28.4 Å². The van der Waals surface area contributed by atoms with Crippen LogP contribution in [0.2, 0.25) is 0 Å². The average Bonchev–Trinajstić information content (AvgIpc) is 3.23. The van der Waals surface area contributed by atoms with Gasteiger partial charge in [0, 0.05) is 43.7 Å². The molecule has 5 nitrogen and oxygen atoms in total. The molecule has 0 bridgehead atoms. The normalized spacial score (nSPS) is 14.2. The van der Waals surface area contributed by atoms with Crippen LogP contribution in [0.3, 0.4) is 0 Å². The zero-order valence-corrected chi connectivity index (χ0v) is 18.0. The lowest BCUT2D eigenvalue weighted by Crippen LogP contribution is -2.49. The summed E-state index contributed by atoms with van der Waals surface area (Å²) in [6.07, 6.45) is 0. The van der Waals surface area contributed by atoms with Gasteiger partial charge in [-0.25, -0.2) is 9.37 Å². The van der Waals surface area contributed by atoms with Crippen LogP contribution in [-0.2, 0) is 11.3 Å². The Hall–Kier alpha value is -2.48. The number of benzene rings is 2. The molecule has 0 atom stereocenters. The van der Waals surface area contributed by atoms with Crippen molar-refractivity contribution in [1.82, 2.24) is 14.8 Å². The summed E-state index contributed by atoms with van der Waals surface area (Å²) in [6.45, 7) is 3.46. The number of hydrogen-bond donors (Lipinski definition) is 0. The maximum atomic E-state index is 13.6. The molecule has 0 radical (unpaired) electrons. The molecule has 1 saturated heterocycles. The van der Waals surface area contributed by atoms with Gasteiger partial charge in [0.25, 0.3) is 5.91 Å². The Morgan fingerprint density at radius 1 is 1.03 bits per heavy atom. The van der Waals surface area contributed by atoms with Gasteiger partial charge >= 0.3 is 0 Å². The van der Waals surface area contributed by atoms with Crippen molar-refractivity contribution in [2.24, 2.45) is 0 Å². The highest BCUT2D eigenvalue weighted by atomic mass is 35.5. The molecule has 0 saturated carbocycles. The van der Waals surface area contributed by atoms with Gasteiger partial charge in [0.2, 0.25) is 0 Å². The summed E-state index contributed by atoms with van der Waals surface area (Å²) in [7, 11) is 0. The molecule has 3 aromatic rings. The number of ether oxygens (including phenoxy) is 1. The topological polar surface area (TPSA) is 45.7 Å². The Balaban J connectivity index is 0.00000256. The van der Waals surface area contributed by atoms with E-state index in [2.05, 4.69) is 22.4 Å². The van der Waals surface area contributed by atoms with Gasteiger partial charge in [0.1, 0.15) is 5.01 Å². The highest BCUT2D eigenvalue weighted by molar-refractivity contribution is 7.13. The second-order valence-corrected chi connectivity index (χ2v) is 7.74. The number of nitrogens with zero attached hydrogens (tertiary/aromatic N) is 3. The largest absolute Gasteiger partial charge is 0.481 e. The van der Waals surface area contributed by atoms with Crippen LogP contribution in [-0.4, -0.2) is 53.5 Å². The molecule has 1 aliphatic rings. The first-order chi connectivity index (χ1) is 14.2. The number of thiazole rings is 1. The van der Waals surface area contributed by atoms with Crippen LogP contribution in [0.1, 0.15) is 5.69 Å². The third-order valence-corrected chi connectivity index (χ3v) is 5.81. The summed E-state index contributed by atoms with van der Waals surface area (Å²) in [4.78, 5) is 21.2. The molecule has 0 N–H and O–H groups in total. The molecular weight excluding hydrogens is 425 g/mol. The Bertz CT molecular complexity index is 962. The lowest BCUT2D eigenvalue weighted by molar-refractivity contribution is -0.135. The number of para-hydroxylation sites is 1. The Labute approximate surface area is 185 Å². The van der Waals surface area contributed by atoms with Crippen LogP contribution < -0.4 is 4.74 Å². The van der Waals surface area contributed by atoms with Crippen molar-refractivity contribution < 1.29 is 13.9 Å². The van der Waals surface area contributed by atoms with Gasteiger partial charge in [0.15, 0.2) is 18.2 Å². The van der Waals surface area contributed by atoms with E-state index in [0.717, 1.165) is 35.9 Å². The van der Waals surface area contributed by atoms with E-state index in [1.165, 1.54) is 12.1 Å². The molecule has 158 valence electrons. The van der Waals surface area contributed by atoms with Crippen LogP contribution in [0.15, 0.2) is 60.0 Å². The smallest absolute Gasteiger partial charge is 0.260 e. The summed E-state index contributed by atoms with van der Waals surface area (Å²) in [6, 6.07) is 16.3. The first kappa shape index (κ1) is 22.2. The molecular formula is C22H23ClFN3O2S. The molecule has 0 aliphatic carbocycles. The van der Waals surface area contributed by atoms with Crippen molar-refractivity contribution in [3.8, 4) is 16.3 Å². The fourth-order valence-electron chi connectivity index (χ4n) is 3.27. The number of halogens is 2. The minimum absolute atomic E-state index is 0. The molecule has 0 unspecified atom stereocenters. The molecule has 1 aliphatic heterocycles. The van der Waals surface area contributed by atoms with Gasteiger partial charge in [0.05, 0.1) is 5.69 Å². The minimum Gasteiger partial charge on any atom is -0.481 e. The maximum absolute atomic E-state index is 13.6. The molecule has 1 fully saturated rings. The molecule has 4 rings (SSSR count). The quantitative estimate of drug-likeness (QED) is 0.571. The summed E-state index contributed by atoms with van der Waals surface area (Å²) in [5, 5.41) is 3.13. The highest BCUT2D eigenvalue weighted by Gasteiger charge is 2.22. The van der Waals surface area contributed by atoms with E-state index >= 15 is 0 Å². The lowest BCUT2D eigenvalue weighted by Gasteiger charge is -2.34. The summed E-state index contributed by atoms with van der Waals surface area (Å²) >= 11 is 1.65.